The highest BCUT2D eigenvalue weighted by atomic mass is 16.3. The van der Waals surface area contributed by atoms with Crippen LogP contribution >= 0.6 is 0 Å². The summed E-state index contributed by atoms with van der Waals surface area (Å²) in [6.45, 7) is 0. The topological polar surface area (TPSA) is 16.4 Å². The zero-order valence-electron chi connectivity index (χ0n) is 28.4. The van der Waals surface area contributed by atoms with Crippen LogP contribution in [0.3, 0.4) is 0 Å². The Morgan fingerprint density at radius 2 is 0.865 bits per heavy atom. The van der Waals surface area contributed by atoms with Crippen molar-refractivity contribution in [3.8, 4) is 33.4 Å². The predicted octanol–water partition coefficient (Wildman–Crippen LogP) is 14.4. The zero-order valence-corrected chi connectivity index (χ0v) is 28.4. The van der Waals surface area contributed by atoms with Crippen LogP contribution in [0.5, 0.6) is 0 Å². The summed E-state index contributed by atoms with van der Waals surface area (Å²) < 4.78 is 6.23. The number of fused-ring (bicyclic) bond motifs is 5. The Morgan fingerprint density at radius 3 is 1.65 bits per heavy atom. The van der Waals surface area contributed by atoms with Crippen LogP contribution in [0.1, 0.15) is 0 Å². The molecule has 1 aromatic heterocycles. The van der Waals surface area contributed by atoms with Crippen LogP contribution in [0, 0.1) is 0 Å². The highest BCUT2D eigenvalue weighted by molar-refractivity contribution is 6.07. The minimum atomic E-state index is 0.884. The van der Waals surface area contributed by atoms with Crippen LogP contribution < -0.4 is 4.90 Å². The lowest BCUT2D eigenvalue weighted by molar-refractivity contribution is 0.669. The van der Waals surface area contributed by atoms with E-state index < -0.39 is 0 Å². The van der Waals surface area contributed by atoms with Gasteiger partial charge in [-0.25, -0.2) is 0 Å². The largest absolute Gasteiger partial charge is 0.456 e. The predicted molar refractivity (Wildman–Crippen MR) is 220 cm³/mol. The third-order valence-corrected chi connectivity index (χ3v) is 10.2. The van der Waals surface area contributed by atoms with Crippen molar-refractivity contribution in [3.63, 3.8) is 0 Å². The van der Waals surface area contributed by atoms with Crippen molar-refractivity contribution in [2.45, 2.75) is 0 Å². The van der Waals surface area contributed by atoms with Gasteiger partial charge >= 0.3 is 0 Å². The summed E-state index contributed by atoms with van der Waals surface area (Å²) in [5, 5.41) is 7.18. The molecule has 0 atom stereocenters. The van der Waals surface area contributed by atoms with Crippen LogP contribution in [-0.4, -0.2) is 0 Å². The highest BCUT2D eigenvalue weighted by Crippen LogP contribution is 2.43. The van der Waals surface area contributed by atoms with Gasteiger partial charge in [-0.3, -0.25) is 0 Å². The maximum absolute atomic E-state index is 6.23. The standard InChI is InChI=1S/C50H33NO/c1-2-12-35(13-3-1)45-17-6-8-19-48(45)51(44-27-28-50-47(33-44)46-18-7-9-20-49(46)52-50)43-16-10-15-37(32-43)38-23-24-42-31-41(26-25-40(42)30-38)39-22-21-34-11-4-5-14-36(34)29-39/h1-33H. The van der Waals surface area contributed by atoms with Crippen molar-refractivity contribution in [1.82, 2.24) is 0 Å². The second kappa shape index (κ2) is 12.5. The summed E-state index contributed by atoms with van der Waals surface area (Å²) in [6.07, 6.45) is 0. The molecule has 9 aromatic carbocycles. The number of nitrogens with zero attached hydrogens (tertiary/aromatic N) is 1. The van der Waals surface area contributed by atoms with E-state index >= 15 is 0 Å². The Hall–Kier alpha value is -6.90. The lowest BCUT2D eigenvalue weighted by atomic mass is 9.96. The normalized spacial score (nSPS) is 11.5. The molecule has 10 aromatic rings. The number of benzene rings is 9. The van der Waals surface area contributed by atoms with Gasteiger partial charge in [0.15, 0.2) is 0 Å². The Balaban J connectivity index is 1.08. The van der Waals surface area contributed by atoms with Gasteiger partial charge in [-0.2, -0.15) is 0 Å². The van der Waals surface area contributed by atoms with E-state index in [1.54, 1.807) is 0 Å². The van der Waals surface area contributed by atoms with Gasteiger partial charge in [-0.05, 0) is 110 Å². The summed E-state index contributed by atoms with van der Waals surface area (Å²) in [7, 11) is 0. The van der Waals surface area contributed by atoms with Gasteiger partial charge < -0.3 is 9.32 Å². The molecule has 2 nitrogen and oxygen atoms in total. The smallest absolute Gasteiger partial charge is 0.135 e. The van der Waals surface area contributed by atoms with Crippen LogP contribution in [0.2, 0.25) is 0 Å². The molecule has 0 fully saturated rings. The quantitative estimate of drug-likeness (QED) is 0.176. The number of hydrogen-bond acceptors (Lipinski definition) is 2. The lowest BCUT2D eigenvalue weighted by Crippen LogP contribution is -2.11. The van der Waals surface area contributed by atoms with E-state index in [0.717, 1.165) is 44.6 Å². The number of hydrogen-bond donors (Lipinski definition) is 0. The maximum atomic E-state index is 6.23. The first kappa shape index (κ1) is 30.0. The Labute approximate surface area is 302 Å². The number of para-hydroxylation sites is 2. The highest BCUT2D eigenvalue weighted by Gasteiger charge is 2.19. The molecule has 0 N–H and O–H groups in total. The van der Waals surface area contributed by atoms with Crippen LogP contribution in [0.15, 0.2) is 205 Å². The third-order valence-electron chi connectivity index (χ3n) is 10.2. The van der Waals surface area contributed by atoms with Gasteiger partial charge in [0.05, 0.1) is 5.69 Å². The minimum Gasteiger partial charge on any atom is -0.456 e. The van der Waals surface area contributed by atoms with Gasteiger partial charge in [0.2, 0.25) is 0 Å². The average Bonchev–Trinajstić information content (AvgIpc) is 3.59. The van der Waals surface area contributed by atoms with Crippen molar-refractivity contribution in [3.05, 3.63) is 200 Å². The Morgan fingerprint density at radius 1 is 0.308 bits per heavy atom. The number of rotatable bonds is 6. The first-order valence-corrected chi connectivity index (χ1v) is 17.7. The fraction of sp³-hybridized carbons (Fsp3) is 0. The molecule has 0 spiro atoms. The second-order valence-electron chi connectivity index (χ2n) is 13.4. The summed E-state index contributed by atoms with van der Waals surface area (Å²) in [5.74, 6) is 0. The second-order valence-corrected chi connectivity index (χ2v) is 13.4. The van der Waals surface area contributed by atoms with Crippen molar-refractivity contribution >= 4 is 60.5 Å². The van der Waals surface area contributed by atoms with Crippen molar-refractivity contribution < 1.29 is 4.42 Å². The molecule has 0 aliphatic rings. The number of anilines is 3. The molecule has 2 heteroatoms. The fourth-order valence-electron chi connectivity index (χ4n) is 7.61. The molecule has 10 rings (SSSR count). The molecule has 52 heavy (non-hydrogen) atoms. The van der Waals surface area contributed by atoms with E-state index in [0.29, 0.717) is 0 Å². The molecule has 0 amide bonds. The Bertz CT molecular complexity index is 2920. The third kappa shape index (κ3) is 5.30. The van der Waals surface area contributed by atoms with E-state index in [9.17, 15) is 0 Å². The average molecular weight is 664 g/mol. The summed E-state index contributed by atoms with van der Waals surface area (Å²) >= 11 is 0. The van der Waals surface area contributed by atoms with E-state index in [-0.39, 0.29) is 0 Å². The summed E-state index contributed by atoms with van der Waals surface area (Å²) in [4.78, 5) is 2.38. The van der Waals surface area contributed by atoms with E-state index in [1.807, 2.05) is 12.1 Å². The van der Waals surface area contributed by atoms with Crippen molar-refractivity contribution in [2.24, 2.45) is 0 Å². The Kier molecular flexibility index (Phi) is 7.18. The molecule has 1 heterocycles. The molecular formula is C50H33NO. The molecule has 0 saturated heterocycles. The van der Waals surface area contributed by atoms with Crippen LogP contribution in [0.25, 0.3) is 76.9 Å². The number of furan rings is 1. The van der Waals surface area contributed by atoms with Crippen LogP contribution in [-0.2, 0) is 0 Å². The monoisotopic (exact) mass is 663 g/mol. The zero-order chi connectivity index (χ0) is 34.4. The molecule has 0 bridgehead atoms. The molecule has 0 radical (unpaired) electrons. The van der Waals surface area contributed by atoms with E-state index in [2.05, 4.69) is 193 Å². The van der Waals surface area contributed by atoms with Gasteiger partial charge in [0.1, 0.15) is 11.2 Å². The maximum Gasteiger partial charge on any atom is 0.135 e. The molecule has 0 aliphatic heterocycles. The van der Waals surface area contributed by atoms with Gasteiger partial charge in [0, 0.05) is 27.7 Å². The van der Waals surface area contributed by atoms with Gasteiger partial charge in [-0.15, -0.1) is 0 Å². The summed E-state index contributed by atoms with van der Waals surface area (Å²) in [6, 6.07) is 71.9. The fourth-order valence-corrected chi connectivity index (χ4v) is 7.61. The molecule has 244 valence electrons. The van der Waals surface area contributed by atoms with Crippen LogP contribution in [0.4, 0.5) is 17.1 Å². The molecule has 0 aliphatic carbocycles. The first-order valence-electron chi connectivity index (χ1n) is 17.7. The SMILES string of the molecule is c1ccc(-c2ccccc2N(c2cccc(-c3ccc4cc(-c5ccc6ccccc6c5)ccc4c3)c2)c2ccc3oc4ccccc4c3c2)cc1. The van der Waals surface area contributed by atoms with Crippen molar-refractivity contribution in [1.29, 1.82) is 0 Å². The minimum absolute atomic E-state index is 0.884. The van der Waals surface area contributed by atoms with E-state index in [1.165, 1.54) is 49.4 Å². The molecule has 0 unspecified atom stereocenters. The van der Waals surface area contributed by atoms with Crippen molar-refractivity contribution in [2.75, 3.05) is 4.90 Å². The summed E-state index contributed by atoms with van der Waals surface area (Å²) in [5.41, 5.74) is 12.2. The molecular weight excluding hydrogens is 631 g/mol. The molecule has 0 saturated carbocycles. The van der Waals surface area contributed by atoms with E-state index in [4.69, 9.17) is 4.42 Å². The van der Waals surface area contributed by atoms with Gasteiger partial charge in [0.25, 0.3) is 0 Å². The first-order chi connectivity index (χ1) is 25.7. The lowest BCUT2D eigenvalue weighted by Gasteiger charge is -2.28. The van der Waals surface area contributed by atoms with Gasteiger partial charge in [-0.1, -0.05) is 140 Å².